The second kappa shape index (κ2) is 7.51. The van der Waals surface area contributed by atoms with Crippen molar-refractivity contribution in [3.05, 3.63) is 33.8 Å². The first-order chi connectivity index (χ1) is 8.99. The fourth-order valence-corrected chi connectivity index (χ4v) is 2.95. The van der Waals surface area contributed by atoms with E-state index in [9.17, 15) is 4.79 Å². The number of nitrogens with zero attached hydrogens (tertiary/aromatic N) is 1. The van der Waals surface area contributed by atoms with Crippen LogP contribution in [0.4, 0.5) is 0 Å². The smallest absolute Gasteiger partial charge is 0.255 e. The molecule has 0 spiro atoms. The number of carbonyl (C=O) groups is 1. The van der Waals surface area contributed by atoms with E-state index in [1.165, 1.54) is 0 Å². The third kappa shape index (κ3) is 4.01. The summed E-state index contributed by atoms with van der Waals surface area (Å²) in [4.78, 5) is 14.2. The Morgan fingerprint density at radius 2 is 1.95 bits per heavy atom. The molecule has 3 nitrogen and oxygen atoms in total. The highest BCUT2D eigenvalue weighted by Crippen LogP contribution is 2.25. The number of likely N-dealkylation sites (tertiary alicyclic amines) is 1. The van der Waals surface area contributed by atoms with Crippen molar-refractivity contribution in [1.82, 2.24) is 4.90 Å². The molecule has 2 rings (SSSR count). The number of rotatable bonds is 2. The second-order valence-corrected chi connectivity index (χ2v) is 5.96. The predicted molar refractivity (Wildman–Crippen MR) is 86.0 cm³/mol. The Morgan fingerprint density at radius 1 is 1.35 bits per heavy atom. The highest BCUT2D eigenvalue weighted by atomic mass is 35.5. The highest BCUT2D eigenvalue weighted by Gasteiger charge is 2.26. The lowest BCUT2D eigenvalue weighted by Gasteiger charge is -2.33. The van der Waals surface area contributed by atoms with E-state index in [1.54, 1.807) is 18.2 Å². The first kappa shape index (κ1) is 17.6. The molecule has 1 heterocycles. The quantitative estimate of drug-likeness (QED) is 0.896. The number of hydrogen-bond donors (Lipinski definition) is 1. The zero-order valence-electron chi connectivity index (χ0n) is 11.3. The monoisotopic (exact) mass is 336 g/mol. The Hall–Kier alpha value is -0.480. The molecule has 1 saturated heterocycles. The van der Waals surface area contributed by atoms with Crippen molar-refractivity contribution in [1.29, 1.82) is 0 Å². The number of hydrogen-bond acceptors (Lipinski definition) is 2. The van der Waals surface area contributed by atoms with Crippen LogP contribution < -0.4 is 5.73 Å². The van der Waals surface area contributed by atoms with Gasteiger partial charge in [-0.2, -0.15) is 0 Å². The van der Waals surface area contributed by atoms with Crippen LogP contribution >= 0.6 is 35.6 Å². The van der Waals surface area contributed by atoms with Gasteiger partial charge in [-0.15, -0.1) is 12.4 Å². The van der Waals surface area contributed by atoms with Crippen LogP contribution in [0, 0.1) is 5.92 Å². The highest BCUT2D eigenvalue weighted by molar-refractivity contribution is 6.36. The van der Waals surface area contributed by atoms with Crippen molar-refractivity contribution in [3.8, 4) is 0 Å². The van der Waals surface area contributed by atoms with E-state index >= 15 is 0 Å². The van der Waals surface area contributed by atoms with Gasteiger partial charge in [0.1, 0.15) is 0 Å². The molecule has 0 saturated carbocycles. The molecule has 1 amide bonds. The SMILES string of the molecule is CC(N)C1CCN(C(=O)c2ccc(Cl)cc2Cl)CC1.Cl. The van der Waals surface area contributed by atoms with E-state index in [1.807, 2.05) is 11.8 Å². The summed E-state index contributed by atoms with van der Waals surface area (Å²) in [6.45, 7) is 3.51. The largest absolute Gasteiger partial charge is 0.339 e. The Morgan fingerprint density at radius 3 is 2.45 bits per heavy atom. The van der Waals surface area contributed by atoms with Gasteiger partial charge in [-0.1, -0.05) is 23.2 Å². The van der Waals surface area contributed by atoms with E-state index in [0.717, 1.165) is 25.9 Å². The fourth-order valence-electron chi connectivity index (χ4n) is 2.46. The molecular weight excluding hydrogens is 319 g/mol. The number of amides is 1. The third-order valence-electron chi connectivity index (χ3n) is 3.73. The Labute approximate surface area is 135 Å². The summed E-state index contributed by atoms with van der Waals surface area (Å²) >= 11 is 11.9. The van der Waals surface area contributed by atoms with Crippen molar-refractivity contribution in [3.63, 3.8) is 0 Å². The van der Waals surface area contributed by atoms with Gasteiger partial charge in [-0.3, -0.25) is 4.79 Å². The molecule has 0 bridgehead atoms. The third-order valence-corrected chi connectivity index (χ3v) is 4.28. The fraction of sp³-hybridized carbons (Fsp3) is 0.500. The second-order valence-electron chi connectivity index (χ2n) is 5.11. The molecular formula is C14H19Cl3N2O. The molecule has 1 aromatic carbocycles. The van der Waals surface area contributed by atoms with Crippen LogP contribution in [0.2, 0.25) is 10.0 Å². The topological polar surface area (TPSA) is 46.3 Å². The molecule has 112 valence electrons. The number of halogens is 3. The summed E-state index contributed by atoms with van der Waals surface area (Å²) in [5.41, 5.74) is 6.42. The van der Waals surface area contributed by atoms with Crippen LogP contribution in [0.5, 0.6) is 0 Å². The summed E-state index contributed by atoms with van der Waals surface area (Å²) < 4.78 is 0. The maximum absolute atomic E-state index is 12.4. The molecule has 1 fully saturated rings. The van der Waals surface area contributed by atoms with Gasteiger partial charge >= 0.3 is 0 Å². The van der Waals surface area contributed by atoms with Gasteiger partial charge in [0.05, 0.1) is 10.6 Å². The van der Waals surface area contributed by atoms with Crippen molar-refractivity contribution in [2.45, 2.75) is 25.8 Å². The number of nitrogens with two attached hydrogens (primary N) is 1. The van der Waals surface area contributed by atoms with Gasteiger partial charge in [0.15, 0.2) is 0 Å². The Bertz CT molecular complexity index is 471. The lowest BCUT2D eigenvalue weighted by molar-refractivity contribution is 0.0681. The normalized spacial score (nSPS) is 17.5. The summed E-state index contributed by atoms with van der Waals surface area (Å²) in [5.74, 6) is 0.481. The zero-order chi connectivity index (χ0) is 14.0. The average Bonchev–Trinajstić information content (AvgIpc) is 2.38. The van der Waals surface area contributed by atoms with E-state index in [2.05, 4.69) is 0 Å². The molecule has 1 aliphatic heterocycles. The lowest BCUT2D eigenvalue weighted by Crippen LogP contribution is -2.42. The van der Waals surface area contributed by atoms with Crippen LogP contribution in [0.25, 0.3) is 0 Å². The summed E-state index contributed by atoms with van der Waals surface area (Å²) in [6, 6.07) is 5.17. The maximum Gasteiger partial charge on any atom is 0.255 e. The Balaban J connectivity index is 0.00000200. The minimum atomic E-state index is -0.0233. The van der Waals surface area contributed by atoms with Crippen LogP contribution in [0.15, 0.2) is 18.2 Å². The molecule has 1 atom stereocenters. The van der Waals surface area contributed by atoms with Gasteiger partial charge in [0.25, 0.3) is 5.91 Å². The van der Waals surface area contributed by atoms with Crippen LogP contribution in [-0.2, 0) is 0 Å². The first-order valence-corrected chi connectivity index (χ1v) is 7.24. The molecule has 1 aromatic rings. The lowest BCUT2D eigenvalue weighted by atomic mass is 9.90. The average molecular weight is 338 g/mol. The summed E-state index contributed by atoms with van der Waals surface area (Å²) in [5, 5.41) is 0.948. The Kier molecular flexibility index (Phi) is 6.59. The van der Waals surface area contributed by atoms with Crippen molar-refractivity contribution >= 4 is 41.5 Å². The number of piperidine rings is 1. The summed E-state index contributed by atoms with van der Waals surface area (Å²) in [7, 11) is 0. The molecule has 0 aromatic heterocycles. The molecule has 6 heteroatoms. The van der Waals surface area contributed by atoms with Gasteiger partial charge in [-0.05, 0) is 43.9 Å². The van der Waals surface area contributed by atoms with E-state index in [0.29, 0.717) is 21.5 Å². The minimum Gasteiger partial charge on any atom is -0.339 e. The van der Waals surface area contributed by atoms with Crippen LogP contribution in [0.3, 0.4) is 0 Å². The van der Waals surface area contributed by atoms with Crippen LogP contribution in [-0.4, -0.2) is 29.9 Å². The van der Waals surface area contributed by atoms with E-state index in [-0.39, 0.29) is 24.4 Å². The van der Waals surface area contributed by atoms with E-state index in [4.69, 9.17) is 28.9 Å². The maximum atomic E-state index is 12.4. The van der Waals surface area contributed by atoms with Gasteiger partial charge in [0, 0.05) is 24.2 Å². The first-order valence-electron chi connectivity index (χ1n) is 6.49. The van der Waals surface area contributed by atoms with Gasteiger partial charge in [-0.25, -0.2) is 0 Å². The zero-order valence-corrected chi connectivity index (χ0v) is 13.6. The predicted octanol–water partition coefficient (Wildman–Crippen LogP) is 3.61. The van der Waals surface area contributed by atoms with Crippen molar-refractivity contribution in [2.75, 3.05) is 13.1 Å². The molecule has 0 aliphatic carbocycles. The van der Waals surface area contributed by atoms with E-state index < -0.39 is 0 Å². The van der Waals surface area contributed by atoms with Crippen molar-refractivity contribution < 1.29 is 4.79 Å². The van der Waals surface area contributed by atoms with Crippen molar-refractivity contribution in [2.24, 2.45) is 11.7 Å². The number of benzene rings is 1. The number of carbonyl (C=O) groups excluding carboxylic acids is 1. The van der Waals surface area contributed by atoms with Gasteiger partial charge < -0.3 is 10.6 Å². The molecule has 1 unspecified atom stereocenters. The molecule has 1 aliphatic rings. The molecule has 0 radical (unpaired) electrons. The molecule has 20 heavy (non-hydrogen) atoms. The standard InChI is InChI=1S/C14H18Cl2N2O.ClH/c1-9(17)10-4-6-18(7-5-10)14(19)12-3-2-11(15)8-13(12)16;/h2-3,8-10H,4-7,17H2,1H3;1H. The minimum absolute atomic E-state index is 0. The van der Waals surface area contributed by atoms with Crippen LogP contribution in [0.1, 0.15) is 30.1 Å². The molecule has 2 N–H and O–H groups in total. The summed E-state index contributed by atoms with van der Waals surface area (Å²) in [6.07, 6.45) is 1.91. The van der Waals surface area contributed by atoms with Gasteiger partial charge in [0.2, 0.25) is 0 Å².